The summed E-state index contributed by atoms with van der Waals surface area (Å²) in [6.07, 6.45) is 1.68. The van der Waals surface area contributed by atoms with Crippen LogP contribution in [0.5, 0.6) is 5.75 Å². The molecular weight excluding hydrogens is 377 g/mol. The normalized spacial score (nSPS) is 11.5. The first-order valence-electron chi connectivity index (χ1n) is 7.58. The van der Waals surface area contributed by atoms with Crippen molar-refractivity contribution in [3.8, 4) is 17.0 Å². The molecule has 3 aromatic rings. The average molecular weight is 392 g/mol. The smallest absolute Gasteiger partial charge is 0.271 e. The molecule has 0 radical (unpaired) electrons. The molecule has 2 heterocycles. The van der Waals surface area contributed by atoms with Gasteiger partial charge in [-0.3, -0.25) is 4.79 Å². The summed E-state index contributed by atoms with van der Waals surface area (Å²) >= 11 is 12.1. The van der Waals surface area contributed by atoms with Gasteiger partial charge in [-0.25, -0.2) is 9.67 Å². The van der Waals surface area contributed by atoms with E-state index in [4.69, 9.17) is 28.9 Å². The van der Waals surface area contributed by atoms with Crippen LogP contribution in [0.15, 0.2) is 36.5 Å². The van der Waals surface area contributed by atoms with E-state index in [-0.39, 0.29) is 16.6 Å². The number of nitrogens with two attached hydrogens (primary N) is 1. The topological polar surface area (TPSA) is 107 Å². The molecule has 3 rings (SSSR count). The minimum Gasteiger partial charge on any atom is -0.505 e. The van der Waals surface area contributed by atoms with E-state index in [1.54, 1.807) is 23.0 Å². The molecule has 0 fully saturated rings. The van der Waals surface area contributed by atoms with E-state index in [1.807, 2.05) is 26.0 Å². The predicted molar refractivity (Wildman–Crippen MR) is 98.3 cm³/mol. The lowest BCUT2D eigenvalue weighted by Crippen LogP contribution is -2.28. The number of benzene rings is 1. The molecule has 0 atom stereocenters. The Labute approximate surface area is 159 Å². The summed E-state index contributed by atoms with van der Waals surface area (Å²) in [4.78, 5) is 15.1. The zero-order valence-corrected chi connectivity index (χ0v) is 15.5. The molecule has 0 saturated carbocycles. The van der Waals surface area contributed by atoms with Crippen LogP contribution in [0.4, 0.5) is 0 Å². The van der Waals surface area contributed by atoms with Crippen molar-refractivity contribution < 1.29 is 9.90 Å². The van der Waals surface area contributed by atoms with Crippen molar-refractivity contribution in [1.29, 1.82) is 0 Å². The van der Waals surface area contributed by atoms with Gasteiger partial charge < -0.3 is 10.8 Å². The summed E-state index contributed by atoms with van der Waals surface area (Å²) in [5.41, 5.74) is 6.06. The summed E-state index contributed by atoms with van der Waals surface area (Å²) in [5.74, 6) is -1.24. The molecule has 7 nitrogen and oxygen atoms in total. The van der Waals surface area contributed by atoms with Crippen molar-refractivity contribution >= 4 is 29.1 Å². The van der Waals surface area contributed by atoms with Gasteiger partial charge in [0.05, 0.1) is 11.7 Å². The Kier molecular flexibility index (Phi) is 4.60. The van der Waals surface area contributed by atoms with Crippen molar-refractivity contribution in [2.75, 3.05) is 0 Å². The van der Waals surface area contributed by atoms with Crippen LogP contribution < -0.4 is 5.73 Å². The van der Waals surface area contributed by atoms with Crippen LogP contribution in [-0.2, 0) is 5.54 Å². The van der Waals surface area contributed by atoms with E-state index in [9.17, 15) is 9.90 Å². The van der Waals surface area contributed by atoms with Crippen LogP contribution in [0.1, 0.15) is 29.9 Å². The second-order valence-electron chi connectivity index (χ2n) is 6.17. The van der Waals surface area contributed by atoms with Gasteiger partial charge in [0.15, 0.2) is 5.69 Å². The van der Waals surface area contributed by atoms with E-state index in [0.717, 1.165) is 5.56 Å². The van der Waals surface area contributed by atoms with E-state index in [0.29, 0.717) is 16.3 Å². The summed E-state index contributed by atoms with van der Waals surface area (Å²) in [5, 5.41) is 18.8. The number of aromatic nitrogens is 4. The van der Waals surface area contributed by atoms with Gasteiger partial charge in [0, 0.05) is 10.6 Å². The highest BCUT2D eigenvalue weighted by atomic mass is 35.5. The first-order valence-corrected chi connectivity index (χ1v) is 8.34. The minimum atomic E-state index is -0.872. The zero-order chi connectivity index (χ0) is 19.1. The number of aromatic hydroxyl groups is 1. The molecule has 1 amide bonds. The number of hydrogen-bond donors (Lipinski definition) is 2. The van der Waals surface area contributed by atoms with Crippen molar-refractivity contribution in [3.05, 3.63) is 58.0 Å². The number of amides is 1. The highest BCUT2D eigenvalue weighted by Crippen LogP contribution is 2.32. The fourth-order valence-corrected chi connectivity index (χ4v) is 2.85. The van der Waals surface area contributed by atoms with Crippen molar-refractivity contribution in [3.63, 3.8) is 0 Å². The summed E-state index contributed by atoms with van der Waals surface area (Å²) < 4.78 is 1.67. The fraction of sp³-hybridized carbons (Fsp3) is 0.176. The van der Waals surface area contributed by atoms with Crippen LogP contribution in [0.25, 0.3) is 11.3 Å². The van der Waals surface area contributed by atoms with Crippen LogP contribution in [0.3, 0.4) is 0 Å². The number of halogens is 2. The lowest BCUT2D eigenvalue weighted by Gasteiger charge is -2.25. The van der Waals surface area contributed by atoms with E-state index >= 15 is 0 Å². The molecule has 0 spiro atoms. The standard InChI is InChI=1S/C17H15Cl2N5O2/c1-17(2,9-3-5-10(18)6-4-9)24-8-12(22-23-24)11-7-13(25)14(16(20)26)21-15(11)19/h3-8,25H,1-2H3,(H2,20,26). The largest absolute Gasteiger partial charge is 0.505 e. The highest BCUT2D eigenvalue weighted by molar-refractivity contribution is 6.32. The molecule has 134 valence electrons. The molecule has 0 aliphatic carbocycles. The summed E-state index contributed by atoms with van der Waals surface area (Å²) in [6, 6.07) is 8.71. The number of pyridine rings is 1. The molecule has 0 bridgehead atoms. The molecule has 0 aliphatic heterocycles. The number of primary amides is 1. The van der Waals surface area contributed by atoms with Crippen molar-refractivity contribution in [2.24, 2.45) is 5.73 Å². The maximum absolute atomic E-state index is 11.2. The molecule has 9 heteroatoms. The predicted octanol–water partition coefficient (Wildman–Crippen LogP) is 3.23. The third-order valence-corrected chi connectivity index (χ3v) is 4.62. The Morgan fingerprint density at radius 1 is 1.23 bits per heavy atom. The Morgan fingerprint density at radius 2 is 1.88 bits per heavy atom. The van der Waals surface area contributed by atoms with Gasteiger partial charge in [0.2, 0.25) is 0 Å². The zero-order valence-electron chi connectivity index (χ0n) is 13.9. The Bertz CT molecular complexity index is 983. The average Bonchev–Trinajstić information content (AvgIpc) is 3.07. The minimum absolute atomic E-state index is 0.00653. The van der Waals surface area contributed by atoms with E-state index in [2.05, 4.69) is 15.3 Å². The molecular formula is C17H15Cl2N5O2. The summed E-state index contributed by atoms with van der Waals surface area (Å²) in [6.45, 7) is 3.95. The quantitative estimate of drug-likeness (QED) is 0.663. The monoisotopic (exact) mass is 391 g/mol. The molecule has 2 aromatic heterocycles. The maximum atomic E-state index is 11.2. The van der Waals surface area contributed by atoms with Crippen LogP contribution in [0.2, 0.25) is 10.2 Å². The highest BCUT2D eigenvalue weighted by Gasteiger charge is 2.26. The van der Waals surface area contributed by atoms with Gasteiger partial charge in [-0.05, 0) is 37.6 Å². The van der Waals surface area contributed by atoms with Crippen LogP contribution >= 0.6 is 23.2 Å². The number of rotatable bonds is 4. The fourth-order valence-electron chi connectivity index (χ4n) is 2.49. The first-order chi connectivity index (χ1) is 12.2. The van der Waals surface area contributed by atoms with Crippen LogP contribution in [-0.4, -0.2) is 31.0 Å². The van der Waals surface area contributed by atoms with Gasteiger partial charge in [-0.2, -0.15) is 0 Å². The first kappa shape index (κ1) is 18.2. The Balaban J connectivity index is 2.01. The maximum Gasteiger partial charge on any atom is 0.271 e. The second-order valence-corrected chi connectivity index (χ2v) is 6.97. The molecule has 0 saturated heterocycles. The number of hydrogen-bond acceptors (Lipinski definition) is 5. The van der Waals surface area contributed by atoms with Gasteiger partial charge in [0.25, 0.3) is 5.91 Å². The number of carbonyl (C=O) groups is 1. The van der Waals surface area contributed by atoms with Gasteiger partial charge in [-0.15, -0.1) is 5.10 Å². The summed E-state index contributed by atoms with van der Waals surface area (Å²) in [7, 11) is 0. The third-order valence-electron chi connectivity index (χ3n) is 4.08. The molecule has 0 aliphatic rings. The number of nitrogens with zero attached hydrogens (tertiary/aromatic N) is 4. The second kappa shape index (κ2) is 6.59. The van der Waals surface area contributed by atoms with E-state index < -0.39 is 11.4 Å². The molecule has 1 aromatic carbocycles. The number of carbonyl (C=O) groups excluding carboxylic acids is 1. The Morgan fingerprint density at radius 3 is 2.50 bits per heavy atom. The lowest BCUT2D eigenvalue weighted by atomic mass is 9.94. The molecule has 0 unspecified atom stereocenters. The lowest BCUT2D eigenvalue weighted by molar-refractivity contribution is 0.0993. The van der Waals surface area contributed by atoms with E-state index in [1.165, 1.54) is 6.07 Å². The van der Waals surface area contributed by atoms with Gasteiger partial charge in [0.1, 0.15) is 16.6 Å². The van der Waals surface area contributed by atoms with Gasteiger partial charge in [-0.1, -0.05) is 40.5 Å². The van der Waals surface area contributed by atoms with Gasteiger partial charge >= 0.3 is 0 Å². The van der Waals surface area contributed by atoms with Crippen molar-refractivity contribution in [1.82, 2.24) is 20.0 Å². The molecule has 26 heavy (non-hydrogen) atoms. The van der Waals surface area contributed by atoms with Crippen molar-refractivity contribution in [2.45, 2.75) is 19.4 Å². The SMILES string of the molecule is CC(C)(c1ccc(Cl)cc1)n1cc(-c2cc(O)c(C(N)=O)nc2Cl)nn1. The Hall–Kier alpha value is -2.64. The third kappa shape index (κ3) is 3.23. The van der Waals surface area contributed by atoms with Crippen LogP contribution in [0, 0.1) is 0 Å². The molecule has 3 N–H and O–H groups in total.